The van der Waals surface area contributed by atoms with Crippen molar-refractivity contribution >= 4 is 0 Å². The Morgan fingerprint density at radius 2 is 1.29 bits per heavy atom. The van der Waals surface area contributed by atoms with Crippen molar-refractivity contribution in [1.29, 1.82) is 0 Å². The Hall–Kier alpha value is -3.36. The van der Waals surface area contributed by atoms with Crippen molar-refractivity contribution in [3.05, 3.63) is 36.8 Å². The van der Waals surface area contributed by atoms with E-state index in [0.29, 0.717) is 11.4 Å². The monoisotopic (exact) mass is 277 g/mol. The number of aromatic nitrogens is 9. The summed E-state index contributed by atoms with van der Waals surface area (Å²) in [5.74, 6) is 0. The molecule has 0 unspecified atom stereocenters. The van der Waals surface area contributed by atoms with Gasteiger partial charge in [0, 0.05) is 29.1 Å². The SMILES string of the molecule is c1c(-c2cn[n-]n2)cc(-c2cn[nH]n2)cc1-c1cn[n-]n1. The second kappa shape index (κ2) is 4.63. The van der Waals surface area contributed by atoms with E-state index in [9.17, 15) is 0 Å². The standard InChI is InChI=1S/C12H7N9/c1-7(10-4-13-19-16-10)2-9(12-6-15-21-18-12)3-8(1)11-5-14-20-17-11/h1-6H,(H-2,13,14,15,16,17,18,19,20,21)/q-2. The molecule has 0 bridgehead atoms. The van der Waals surface area contributed by atoms with Gasteiger partial charge in [-0.3, -0.25) is 0 Å². The predicted molar refractivity (Wildman–Crippen MR) is 70.5 cm³/mol. The third-order valence-electron chi connectivity index (χ3n) is 3.00. The zero-order valence-electron chi connectivity index (χ0n) is 10.5. The maximum absolute atomic E-state index is 4.09. The van der Waals surface area contributed by atoms with Crippen LogP contribution < -0.4 is 10.4 Å². The van der Waals surface area contributed by atoms with Crippen LogP contribution >= 0.6 is 0 Å². The molecule has 0 aliphatic carbocycles. The molecule has 102 valence electrons. The molecular formula is C12H7N9-2. The predicted octanol–water partition coefficient (Wildman–Crippen LogP) is 0.300. The van der Waals surface area contributed by atoms with E-state index >= 15 is 0 Å². The van der Waals surface area contributed by atoms with Gasteiger partial charge >= 0.3 is 0 Å². The topological polar surface area (TPSA) is 121 Å². The number of benzene rings is 1. The van der Waals surface area contributed by atoms with Gasteiger partial charge in [0.25, 0.3) is 0 Å². The van der Waals surface area contributed by atoms with Gasteiger partial charge in [0.05, 0.1) is 17.6 Å². The highest BCUT2D eigenvalue weighted by molar-refractivity contribution is 5.77. The lowest BCUT2D eigenvalue weighted by Gasteiger charge is -2.06. The van der Waals surface area contributed by atoms with Crippen molar-refractivity contribution in [1.82, 2.24) is 46.2 Å². The van der Waals surface area contributed by atoms with E-state index in [2.05, 4.69) is 46.2 Å². The third-order valence-corrected chi connectivity index (χ3v) is 3.00. The largest absolute Gasteiger partial charge is 0.493 e. The Labute approximate surface area is 117 Å². The Balaban J connectivity index is 1.92. The highest BCUT2D eigenvalue weighted by Crippen LogP contribution is 2.29. The molecule has 9 nitrogen and oxygen atoms in total. The number of hydrogen-bond donors (Lipinski definition) is 1. The van der Waals surface area contributed by atoms with Crippen LogP contribution in [0.1, 0.15) is 0 Å². The van der Waals surface area contributed by atoms with E-state index < -0.39 is 0 Å². The first-order chi connectivity index (χ1) is 10.4. The zero-order chi connectivity index (χ0) is 14.1. The van der Waals surface area contributed by atoms with Crippen molar-refractivity contribution in [2.75, 3.05) is 0 Å². The maximum atomic E-state index is 4.09. The van der Waals surface area contributed by atoms with Gasteiger partial charge < -0.3 is 30.8 Å². The Bertz CT molecular complexity index is 704. The number of nitrogens with zero attached hydrogens (tertiary/aromatic N) is 8. The molecule has 0 saturated heterocycles. The van der Waals surface area contributed by atoms with Crippen LogP contribution in [0.2, 0.25) is 0 Å². The van der Waals surface area contributed by atoms with Crippen molar-refractivity contribution < 1.29 is 0 Å². The summed E-state index contributed by atoms with van der Waals surface area (Å²) in [5, 5.41) is 33.2. The number of aromatic amines is 1. The summed E-state index contributed by atoms with van der Waals surface area (Å²) < 4.78 is 0. The first-order valence-electron chi connectivity index (χ1n) is 6.04. The fourth-order valence-corrected chi connectivity index (χ4v) is 2.04. The molecule has 3 heterocycles. The van der Waals surface area contributed by atoms with Crippen LogP contribution in [-0.4, -0.2) is 35.8 Å². The van der Waals surface area contributed by atoms with Gasteiger partial charge in [-0.05, 0) is 18.2 Å². The minimum absolute atomic E-state index is 0.675. The summed E-state index contributed by atoms with van der Waals surface area (Å²) in [6, 6.07) is 5.81. The molecule has 21 heavy (non-hydrogen) atoms. The van der Waals surface area contributed by atoms with Crippen LogP contribution in [0.15, 0.2) is 36.8 Å². The Kier molecular flexibility index (Phi) is 2.53. The molecule has 0 aliphatic heterocycles. The summed E-state index contributed by atoms with van der Waals surface area (Å²) in [5.41, 5.74) is 4.67. The van der Waals surface area contributed by atoms with Crippen LogP contribution in [-0.2, 0) is 0 Å². The van der Waals surface area contributed by atoms with Crippen LogP contribution in [0.3, 0.4) is 0 Å². The van der Waals surface area contributed by atoms with E-state index in [0.717, 1.165) is 22.4 Å². The normalized spacial score (nSPS) is 10.9. The highest BCUT2D eigenvalue weighted by atomic mass is 15.3. The zero-order valence-corrected chi connectivity index (χ0v) is 10.5. The second-order valence-electron chi connectivity index (χ2n) is 4.29. The van der Waals surface area contributed by atoms with Crippen LogP contribution in [0.4, 0.5) is 0 Å². The van der Waals surface area contributed by atoms with Gasteiger partial charge in [0.15, 0.2) is 0 Å². The highest BCUT2D eigenvalue weighted by Gasteiger charge is 2.09. The van der Waals surface area contributed by atoms with Gasteiger partial charge in [-0.1, -0.05) is 0 Å². The first kappa shape index (κ1) is 11.5. The van der Waals surface area contributed by atoms with Gasteiger partial charge in [-0.15, -0.1) is 0 Å². The summed E-state index contributed by atoms with van der Waals surface area (Å²) in [6.07, 6.45) is 4.84. The lowest BCUT2D eigenvalue weighted by molar-refractivity contribution is 0.911. The number of H-pyrrole nitrogens is 1. The third kappa shape index (κ3) is 2.06. The molecule has 4 rings (SSSR count). The average Bonchev–Trinajstić information content (AvgIpc) is 3.29. The molecule has 0 aliphatic rings. The van der Waals surface area contributed by atoms with E-state index in [1.54, 1.807) is 18.6 Å². The van der Waals surface area contributed by atoms with Crippen LogP contribution in [0.5, 0.6) is 0 Å². The van der Waals surface area contributed by atoms with Crippen LogP contribution in [0, 0.1) is 0 Å². The lowest BCUT2D eigenvalue weighted by Crippen LogP contribution is -1.87. The average molecular weight is 277 g/mol. The molecule has 0 spiro atoms. The molecule has 4 aromatic rings. The molecule has 0 atom stereocenters. The van der Waals surface area contributed by atoms with Gasteiger partial charge in [-0.25, -0.2) is 0 Å². The van der Waals surface area contributed by atoms with Gasteiger partial charge in [-0.2, -0.15) is 15.4 Å². The number of rotatable bonds is 3. The smallest absolute Gasteiger partial charge is 0.112 e. The van der Waals surface area contributed by atoms with Crippen molar-refractivity contribution in [2.24, 2.45) is 0 Å². The molecule has 1 aromatic carbocycles. The number of hydrogen-bond acceptors (Lipinski definition) is 6. The fourth-order valence-electron chi connectivity index (χ4n) is 2.04. The van der Waals surface area contributed by atoms with Crippen LogP contribution in [0.25, 0.3) is 33.8 Å². The lowest BCUT2D eigenvalue weighted by atomic mass is 10.0. The molecule has 0 fully saturated rings. The van der Waals surface area contributed by atoms with Gasteiger partial charge in [0.1, 0.15) is 5.69 Å². The van der Waals surface area contributed by atoms with Crippen molar-refractivity contribution in [2.45, 2.75) is 0 Å². The quantitative estimate of drug-likeness (QED) is 0.567. The van der Waals surface area contributed by atoms with Gasteiger partial charge in [0.2, 0.25) is 0 Å². The van der Waals surface area contributed by atoms with Crippen molar-refractivity contribution in [3.63, 3.8) is 0 Å². The summed E-state index contributed by atoms with van der Waals surface area (Å²) in [7, 11) is 0. The summed E-state index contributed by atoms with van der Waals surface area (Å²) in [6.45, 7) is 0. The summed E-state index contributed by atoms with van der Waals surface area (Å²) in [4.78, 5) is 0. The molecule has 0 amide bonds. The Morgan fingerprint density at radius 3 is 1.71 bits per heavy atom. The molecule has 0 radical (unpaired) electrons. The molecular weight excluding hydrogens is 270 g/mol. The number of nitrogens with one attached hydrogen (secondary N) is 1. The molecule has 9 heteroatoms. The van der Waals surface area contributed by atoms with E-state index in [1.807, 2.05) is 18.2 Å². The van der Waals surface area contributed by atoms with E-state index in [1.165, 1.54) is 0 Å². The molecule has 0 saturated carbocycles. The van der Waals surface area contributed by atoms with E-state index in [-0.39, 0.29) is 0 Å². The first-order valence-corrected chi connectivity index (χ1v) is 6.04. The maximum Gasteiger partial charge on any atom is 0.112 e. The summed E-state index contributed by atoms with van der Waals surface area (Å²) >= 11 is 0. The minimum Gasteiger partial charge on any atom is -0.493 e. The minimum atomic E-state index is 0.675. The molecule has 3 aromatic heterocycles. The Morgan fingerprint density at radius 1 is 0.714 bits per heavy atom. The molecule has 1 N–H and O–H groups in total. The second-order valence-corrected chi connectivity index (χ2v) is 4.29. The van der Waals surface area contributed by atoms with Crippen molar-refractivity contribution in [3.8, 4) is 33.8 Å². The fraction of sp³-hybridized carbons (Fsp3) is 0. The van der Waals surface area contributed by atoms with E-state index in [4.69, 9.17) is 0 Å².